The zero-order valence-electron chi connectivity index (χ0n) is 10.3. The first-order valence-electron chi connectivity index (χ1n) is 5.56. The molecule has 2 amide bonds. The summed E-state index contributed by atoms with van der Waals surface area (Å²) in [4.78, 5) is 24.4. The number of thiophene rings is 1. The highest BCUT2D eigenvalue weighted by Crippen LogP contribution is 2.44. The summed E-state index contributed by atoms with van der Waals surface area (Å²) in [7, 11) is 0. The van der Waals surface area contributed by atoms with E-state index in [1.54, 1.807) is 0 Å². The zero-order chi connectivity index (χ0) is 17.2. The molecule has 0 N–H and O–H groups in total. The standard InChI is InChI=1S/C12Br2F5NO2S/c13-9-1-2(10(14)23-9)12(22)20(11(1)21)8-6(18)4(16)3(15)5(17)7(8)19. The van der Waals surface area contributed by atoms with Gasteiger partial charge in [-0.1, -0.05) is 0 Å². The van der Waals surface area contributed by atoms with Gasteiger partial charge in [-0.25, -0.2) is 26.9 Å². The van der Waals surface area contributed by atoms with Crippen LogP contribution in [0.1, 0.15) is 20.7 Å². The van der Waals surface area contributed by atoms with Crippen molar-refractivity contribution in [2.45, 2.75) is 0 Å². The van der Waals surface area contributed by atoms with E-state index in [0.717, 1.165) is 11.3 Å². The van der Waals surface area contributed by atoms with E-state index in [1.807, 2.05) is 0 Å². The molecule has 3 rings (SSSR count). The summed E-state index contributed by atoms with van der Waals surface area (Å²) in [5.41, 5.74) is -2.02. The molecular weight excluding hydrogens is 477 g/mol. The molecule has 2 aromatic rings. The van der Waals surface area contributed by atoms with Gasteiger partial charge in [-0.05, 0) is 31.9 Å². The van der Waals surface area contributed by atoms with Crippen molar-refractivity contribution < 1.29 is 31.5 Å². The van der Waals surface area contributed by atoms with Gasteiger partial charge in [-0.15, -0.1) is 11.3 Å². The lowest BCUT2D eigenvalue weighted by molar-refractivity contribution is 0.0922. The van der Waals surface area contributed by atoms with Crippen LogP contribution in [-0.2, 0) is 0 Å². The van der Waals surface area contributed by atoms with Crippen LogP contribution >= 0.6 is 43.2 Å². The average Bonchev–Trinajstić information content (AvgIpc) is 2.93. The van der Waals surface area contributed by atoms with E-state index in [2.05, 4.69) is 31.9 Å². The first kappa shape index (κ1) is 16.5. The molecule has 11 heteroatoms. The molecule has 0 bridgehead atoms. The van der Waals surface area contributed by atoms with Gasteiger partial charge >= 0.3 is 0 Å². The molecule has 0 atom stereocenters. The fraction of sp³-hybridized carbons (Fsp3) is 0. The van der Waals surface area contributed by atoms with Crippen LogP contribution < -0.4 is 4.90 Å². The summed E-state index contributed by atoms with van der Waals surface area (Å²) >= 11 is 6.98. The summed E-state index contributed by atoms with van der Waals surface area (Å²) < 4.78 is 67.7. The first-order valence-corrected chi connectivity index (χ1v) is 7.96. The number of anilines is 1. The van der Waals surface area contributed by atoms with Crippen LogP contribution in [0.2, 0.25) is 0 Å². The molecule has 0 unspecified atom stereocenters. The molecule has 0 saturated heterocycles. The normalized spacial score (nSPS) is 14.0. The van der Waals surface area contributed by atoms with Crippen molar-refractivity contribution in [3.63, 3.8) is 0 Å². The number of nitrogens with zero attached hydrogens (tertiary/aromatic N) is 1. The fourth-order valence-corrected chi connectivity index (χ4v) is 5.17. The number of rotatable bonds is 1. The van der Waals surface area contributed by atoms with Crippen LogP contribution in [0, 0.1) is 29.1 Å². The Morgan fingerprint density at radius 1 is 0.696 bits per heavy atom. The van der Waals surface area contributed by atoms with E-state index in [1.165, 1.54) is 0 Å². The third-order valence-corrected chi connectivity index (χ3v) is 5.60. The number of amides is 2. The van der Waals surface area contributed by atoms with E-state index in [0.29, 0.717) is 0 Å². The number of imide groups is 1. The number of benzene rings is 1. The Morgan fingerprint density at radius 3 is 1.43 bits per heavy atom. The maximum absolute atomic E-state index is 13.8. The second-order valence-electron chi connectivity index (χ2n) is 4.26. The topological polar surface area (TPSA) is 37.4 Å². The van der Waals surface area contributed by atoms with Gasteiger partial charge in [0.15, 0.2) is 23.3 Å². The van der Waals surface area contributed by atoms with Gasteiger partial charge in [0.2, 0.25) is 5.82 Å². The van der Waals surface area contributed by atoms with Crippen molar-refractivity contribution in [3.05, 3.63) is 47.8 Å². The van der Waals surface area contributed by atoms with Crippen LogP contribution in [-0.4, -0.2) is 11.8 Å². The summed E-state index contributed by atoms with van der Waals surface area (Å²) in [6.45, 7) is 0. The van der Waals surface area contributed by atoms with Gasteiger partial charge in [0.1, 0.15) is 5.69 Å². The number of fused-ring (bicyclic) bond motifs is 1. The molecule has 2 heterocycles. The molecule has 0 saturated carbocycles. The van der Waals surface area contributed by atoms with Crippen molar-refractivity contribution in [1.29, 1.82) is 0 Å². The molecule has 1 aliphatic rings. The number of hydrogen-bond donors (Lipinski definition) is 0. The zero-order valence-corrected chi connectivity index (χ0v) is 14.3. The Morgan fingerprint density at radius 2 is 1.04 bits per heavy atom. The van der Waals surface area contributed by atoms with Gasteiger partial charge in [0, 0.05) is 0 Å². The molecule has 120 valence electrons. The van der Waals surface area contributed by atoms with E-state index >= 15 is 0 Å². The van der Waals surface area contributed by atoms with E-state index in [-0.39, 0.29) is 23.6 Å². The van der Waals surface area contributed by atoms with Gasteiger partial charge in [0.05, 0.1) is 18.7 Å². The average molecular weight is 477 g/mol. The highest BCUT2D eigenvalue weighted by molar-refractivity contribution is 9.12. The summed E-state index contributed by atoms with van der Waals surface area (Å²) in [5.74, 6) is -13.8. The van der Waals surface area contributed by atoms with Gasteiger partial charge < -0.3 is 0 Å². The van der Waals surface area contributed by atoms with Crippen LogP contribution in [0.25, 0.3) is 0 Å². The lowest BCUT2D eigenvalue weighted by Crippen LogP contribution is -2.32. The SMILES string of the molecule is O=C1c2c(Br)sc(Br)c2C(=O)N1c1c(F)c(F)c(F)c(F)c1F. The van der Waals surface area contributed by atoms with Crippen molar-refractivity contribution >= 4 is 60.7 Å². The molecule has 0 fully saturated rings. The minimum atomic E-state index is -2.38. The van der Waals surface area contributed by atoms with Gasteiger partial charge in [-0.2, -0.15) is 0 Å². The quantitative estimate of drug-likeness (QED) is 0.257. The lowest BCUT2D eigenvalue weighted by atomic mass is 10.2. The van der Waals surface area contributed by atoms with E-state index in [9.17, 15) is 31.5 Å². The highest BCUT2D eigenvalue weighted by Gasteiger charge is 2.45. The molecular formula is C12Br2F5NO2S. The minimum Gasteiger partial charge on any atom is -0.268 e. The molecule has 23 heavy (non-hydrogen) atoms. The third kappa shape index (κ3) is 2.09. The van der Waals surface area contributed by atoms with Crippen molar-refractivity contribution in [1.82, 2.24) is 0 Å². The number of hydrogen-bond acceptors (Lipinski definition) is 3. The molecule has 1 aromatic carbocycles. The largest absolute Gasteiger partial charge is 0.268 e. The minimum absolute atomic E-state index is 0.0663. The second-order valence-corrected chi connectivity index (χ2v) is 7.92. The van der Waals surface area contributed by atoms with E-state index in [4.69, 9.17) is 0 Å². The first-order chi connectivity index (χ1) is 10.7. The Bertz CT molecular complexity index is 848. The Hall–Kier alpha value is -1.33. The predicted octanol–water partition coefficient (Wildman–Crippen LogP) is 4.77. The Balaban J connectivity index is 2.29. The van der Waals surface area contributed by atoms with E-state index < -0.39 is 46.6 Å². The number of carbonyl (C=O) groups is 2. The van der Waals surface area contributed by atoms with Crippen molar-refractivity contribution in [2.24, 2.45) is 0 Å². The fourth-order valence-electron chi connectivity index (χ4n) is 2.07. The molecule has 0 spiro atoms. The monoisotopic (exact) mass is 475 g/mol. The molecule has 3 nitrogen and oxygen atoms in total. The second kappa shape index (κ2) is 5.35. The smallest absolute Gasteiger partial charge is 0.268 e. The van der Waals surface area contributed by atoms with Crippen LogP contribution in [0.15, 0.2) is 7.57 Å². The van der Waals surface area contributed by atoms with Crippen LogP contribution in [0.4, 0.5) is 27.6 Å². The molecule has 1 aliphatic heterocycles. The molecule has 0 radical (unpaired) electrons. The maximum Gasteiger partial charge on any atom is 0.268 e. The number of carbonyl (C=O) groups excluding carboxylic acids is 2. The summed E-state index contributed by atoms with van der Waals surface area (Å²) in [6, 6.07) is 0. The summed E-state index contributed by atoms with van der Waals surface area (Å²) in [6.07, 6.45) is 0. The van der Waals surface area contributed by atoms with Crippen LogP contribution in [0.3, 0.4) is 0 Å². The molecule has 1 aromatic heterocycles. The van der Waals surface area contributed by atoms with Crippen molar-refractivity contribution in [3.8, 4) is 0 Å². The van der Waals surface area contributed by atoms with Crippen LogP contribution in [0.5, 0.6) is 0 Å². The Labute approximate surface area is 144 Å². The molecule has 0 aliphatic carbocycles. The highest BCUT2D eigenvalue weighted by atomic mass is 79.9. The summed E-state index contributed by atoms with van der Waals surface area (Å²) in [5, 5.41) is 0. The Kier molecular flexibility index (Phi) is 3.84. The van der Waals surface area contributed by atoms with Crippen molar-refractivity contribution in [2.75, 3.05) is 4.90 Å². The third-order valence-electron chi connectivity index (χ3n) is 3.07. The van der Waals surface area contributed by atoms with Gasteiger partial charge in [-0.3, -0.25) is 9.59 Å². The maximum atomic E-state index is 13.8. The number of halogens is 7. The van der Waals surface area contributed by atoms with Gasteiger partial charge in [0.25, 0.3) is 11.8 Å². The predicted molar refractivity (Wildman–Crippen MR) is 77.1 cm³/mol. The lowest BCUT2D eigenvalue weighted by Gasteiger charge is -2.17.